The number of piperazine rings is 1. The molecule has 2 heterocycles. The zero-order valence-electron chi connectivity index (χ0n) is 12.3. The normalized spacial score (nSPS) is 27.2. The Hall–Kier alpha value is -1.17. The highest BCUT2D eigenvalue weighted by atomic mass is 19.1. The van der Waals surface area contributed by atoms with Crippen molar-refractivity contribution in [2.75, 3.05) is 57.4 Å². The first-order valence-electron chi connectivity index (χ1n) is 7.62. The van der Waals surface area contributed by atoms with Gasteiger partial charge in [0.2, 0.25) is 0 Å². The van der Waals surface area contributed by atoms with E-state index in [1.807, 2.05) is 12.1 Å². The third-order valence-electron chi connectivity index (χ3n) is 4.64. The van der Waals surface area contributed by atoms with Crippen LogP contribution < -0.4 is 4.90 Å². The smallest absolute Gasteiger partial charge is 0.123 e. The van der Waals surface area contributed by atoms with E-state index in [1.165, 1.54) is 12.1 Å². The fourth-order valence-corrected chi connectivity index (χ4v) is 3.24. The summed E-state index contributed by atoms with van der Waals surface area (Å²) >= 11 is 0. The van der Waals surface area contributed by atoms with Crippen molar-refractivity contribution in [3.63, 3.8) is 0 Å². The second-order valence-electron chi connectivity index (χ2n) is 6.20. The zero-order chi connectivity index (χ0) is 14.7. The van der Waals surface area contributed by atoms with Crippen molar-refractivity contribution in [1.82, 2.24) is 4.90 Å². The number of rotatable bonds is 4. The lowest BCUT2D eigenvalue weighted by Crippen LogP contribution is -2.51. The quantitative estimate of drug-likeness (QED) is 0.909. The number of hydrogen-bond donors (Lipinski definition) is 1. The molecular formula is C16H23FN2O2. The summed E-state index contributed by atoms with van der Waals surface area (Å²) in [4.78, 5) is 4.69. The first-order valence-corrected chi connectivity index (χ1v) is 7.62. The van der Waals surface area contributed by atoms with Gasteiger partial charge in [-0.05, 0) is 30.7 Å². The number of aliphatic hydroxyl groups excluding tert-OH is 1. The SMILES string of the molecule is OCC1(CN2CCN(c3ccc(F)cc3)CC2)CCOC1. The summed E-state index contributed by atoms with van der Waals surface area (Å²) < 4.78 is 18.4. The van der Waals surface area contributed by atoms with Crippen LogP contribution in [0.1, 0.15) is 6.42 Å². The molecule has 2 aliphatic heterocycles. The number of anilines is 1. The number of aliphatic hydroxyl groups is 1. The van der Waals surface area contributed by atoms with Gasteiger partial charge in [-0.2, -0.15) is 0 Å². The Morgan fingerprint density at radius 1 is 1.14 bits per heavy atom. The summed E-state index contributed by atoms with van der Waals surface area (Å²) in [6.45, 7) is 6.35. The molecular weight excluding hydrogens is 271 g/mol. The second kappa shape index (κ2) is 6.30. The first-order chi connectivity index (χ1) is 10.2. The minimum atomic E-state index is -0.191. The van der Waals surface area contributed by atoms with E-state index < -0.39 is 0 Å². The molecule has 21 heavy (non-hydrogen) atoms. The largest absolute Gasteiger partial charge is 0.396 e. The molecule has 2 aliphatic rings. The average molecular weight is 294 g/mol. The van der Waals surface area contributed by atoms with Crippen molar-refractivity contribution < 1.29 is 14.2 Å². The van der Waals surface area contributed by atoms with Gasteiger partial charge in [0.15, 0.2) is 0 Å². The van der Waals surface area contributed by atoms with Crippen molar-refractivity contribution in [2.45, 2.75) is 6.42 Å². The Labute approximate surface area is 125 Å². The molecule has 2 fully saturated rings. The van der Waals surface area contributed by atoms with E-state index in [4.69, 9.17) is 4.74 Å². The molecule has 0 bridgehead atoms. The molecule has 3 rings (SSSR count). The van der Waals surface area contributed by atoms with Crippen LogP contribution in [-0.4, -0.2) is 62.6 Å². The molecule has 116 valence electrons. The molecule has 1 aromatic carbocycles. The molecule has 0 spiro atoms. The predicted molar refractivity (Wildman–Crippen MR) is 80.0 cm³/mol. The van der Waals surface area contributed by atoms with Crippen LogP contribution in [0.4, 0.5) is 10.1 Å². The topological polar surface area (TPSA) is 35.9 Å². The predicted octanol–water partition coefficient (Wildman–Crippen LogP) is 1.35. The lowest BCUT2D eigenvalue weighted by Gasteiger charge is -2.39. The van der Waals surface area contributed by atoms with Crippen LogP contribution in [0.3, 0.4) is 0 Å². The molecule has 1 atom stereocenters. The highest BCUT2D eigenvalue weighted by molar-refractivity contribution is 5.46. The number of halogens is 1. The van der Waals surface area contributed by atoms with Crippen LogP contribution in [-0.2, 0) is 4.74 Å². The molecule has 1 unspecified atom stereocenters. The van der Waals surface area contributed by atoms with Crippen molar-refractivity contribution in [3.05, 3.63) is 30.1 Å². The minimum absolute atomic E-state index is 0.0714. The number of nitrogens with zero attached hydrogens (tertiary/aromatic N) is 2. The summed E-state index contributed by atoms with van der Waals surface area (Å²) in [7, 11) is 0. The number of benzene rings is 1. The van der Waals surface area contributed by atoms with Crippen molar-refractivity contribution in [1.29, 1.82) is 0 Å². The van der Waals surface area contributed by atoms with Crippen LogP contribution in [0.15, 0.2) is 24.3 Å². The maximum atomic E-state index is 13.0. The maximum Gasteiger partial charge on any atom is 0.123 e. The van der Waals surface area contributed by atoms with Gasteiger partial charge in [-0.1, -0.05) is 0 Å². The van der Waals surface area contributed by atoms with Crippen LogP contribution in [0.25, 0.3) is 0 Å². The first kappa shape index (κ1) is 14.8. The van der Waals surface area contributed by atoms with Crippen LogP contribution in [0.5, 0.6) is 0 Å². The van der Waals surface area contributed by atoms with Crippen molar-refractivity contribution >= 4 is 5.69 Å². The lowest BCUT2D eigenvalue weighted by atomic mass is 9.87. The van der Waals surface area contributed by atoms with E-state index in [9.17, 15) is 9.50 Å². The molecule has 0 aliphatic carbocycles. The second-order valence-corrected chi connectivity index (χ2v) is 6.20. The van der Waals surface area contributed by atoms with Crippen molar-refractivity contribution in [2.24, 2.45) is 5.41 Å². The lowest BCUT2D eigenvalue weighted by molar-refractivity contribution is 0.0549. The third-order valence-corrected chi connectivity index (χ3v) is 4.64. The molecule has 2 saturated heterocycles. The Morgan fingerprint density at radius 2 is 1.86 bits per heavy atom. The van der Waals surface area contributed by atoms with E-state index in [1.54, 1.807) is 0 Å². The zero-order valence-corrected chi connectivity index (χ0v) is 12.3. The number of ether oxygens (including phenoxy) is 1. The molecule has 0 saturated carbocycles. The van der Waals surface area contributed by atoms with Gasteiger partial charge >= 0.3 is 0 Å². The molecule has 4 nitrogen and oxygen atoms in total. The fraction of sp³-hybridized carbons (Fsp3) is 0.625. The van der Waals surface area contributed by atoms with Crippen LogP contribution in [0, 0.1) is 11.2 Å². The maximum absolute atomic E-state index is 13.0. The Balaban J connectivity index is 1.54. The van der Waals surface area contributed by atoms with Gasteiger partial charge in [-0.15, -0.1) is 0 Å². The van der Waals surface area contributed by atoms with E-state index in [-0.39, 0.29) is 17.8 Å². The summed E-state index contributed by atoms with van der Waals surface area (Å²) in [5.74, 6) is -0.191. The average Bonchev–Trinajstić information content (AvgIpc) is 2.98. The monoisotopic (exact) mass is 294 g/mol. The third kappa shape index (κ3) is 3.36. The molecule has 5 heteroatoms. The van der Waals surface area contributed by atoms with Gasteiger partial charge in [0.25, 0.3) is 0 Å². The Morgan fingerprint density at radius 3 is 2.43 bits per heavy atom. The van der Waals surface area contributed by atoms with E-state index in [0.29, 0.717) is 6.61 Å². The van der Waals surface area contributed by atoms with E-state index in [0.717, 1.165) is 51.4 Å². The Kier molecular flexibility index (Phi) is 4.42. The van der Waals surface area contributed by atoms with Crippen molar-refractivity contribution in [3.8, 4) is 0 Å². The van der Waals surface area contributed by atoms with Gasteiger partial charge < -0.3 is 14.7 Å². The molecule has 1 N–H and O–H groups in total. The van der Waals surface area contributed by atoms with Gasteiger partial charge in [0, 0.05) is 50.4 Å². The Bertz CT molecular complexity index is 452. The summed E-state index contributed by atoms with van der Waals surface area (Å²) in [6.07, 6.45) is 0.946. The fourth-order valence-electron chi connectivity index (χ4n) is 3.24. The van der Waals surface area contributed by atoms with Gasteiger partial charge in [-0.25, -0.2) is 4.39 Å². The number of hydrogen-bond acceptors (Lipinski definition) is 4. The highest BCUT2D eigenvalue weighted by Crippen LogP contribution is 2.29. The molecule has 0 aromatic heterocycles. The van der Waals surface area contributed by atoms with Crippen LogP contribution >= 0.6 is 0 Å². The van der Waals surface area contributed by atoms with Crippen LogP contribution in [0.2, 0.25) is 0 Å². The summed E-state index contributed by atoms with van der Waals surface area (Å²) in [5, 5.41) is 9.65. The molecule has 1 aromatic rings. The van der Waals surface area contributed by atoms with E-state index >= 15 is 0 Å². The molecule has 0 radical (unpaired) electrons. The summed E-state index contributed by atoms with van der Waals surface area (Å²) in [5.41, 5.74) is 1.01. The van der Waals surface area contributed by atoms with Gasteiger partial charge in [0.1, 0.15) is 5.82 Å². The van der Waals surface area contributed by atoms with Gasteiger partial charge in [-0.3, -0.25) is 4.90 Å². The minimum Gasteiger partial charge on any atom is -0.396 e. The standard InChI is InChI=1S/C16H23FN2O2/c17-14-1-3-15(4-2-14)19-8-6-18(7-9-19)11-16(12-20)5-10-21-13-16/h1-4,20H,5-13H2. The van der Waals surface area contributed by atoms with Gasteiger partial charge in [0.05, 0.1) is 13.2 Å². The highest BCUT2D eigenvalue weighted by Gasteiger charge is 2.36. The molecule has 0 amide bonds. The summed E-state index contributed by atoms with van der Waals surface area (Å²) in [6, 6.07) is 6.70. The van der Waals surface area contributed by atoms with E-state index in [2.05, 4.69) is 9.80 Å².